The summed E-state index contributed by atoms with van der Waals surface area (Å²) in [6, 6.07) is 12.2. The number of hydrogen-bond acceptors (Lipinski definition) is 3. The maximum Gasteiger partial charge on any atom is 0.143 e. The summed E-state index contributed by atoms with van der Waals surface area (Å²) in [5, 5.41) is 12.6. The number of ether oxygens (including phenoxy) is 1. The Kier molecular flexibility index (Phi) is 3.14. The molecule has 1 N–H and O–H groups in total. The molecule has 4 heteroatoms. The van der Waals surface area contributed by atoms with E-state index in [0.717, 1.165) is 34.2 Å². The third kappa shape index (κ3) is 2.17. The van der Waals surface area contributed by atoms with E-state index in [9.17, 15) is 0 Å². The van der Waals surface area contributed by atoms with Crippen LogP contribution in [-0.4, -0.2) is 22.0 Å². The fourth-order valence-electron chi connectivity index (χ4n) is 2.13. The largest absolute Gasteiger partial charge is 0.493 e. The highest BCUT2D eigenvalue weighted by Gasteiger charge is 2.12. The molecule has 0 spiro atoms. The van der Waals surface area contributed by atoms with Gasteiger partial charge < -0.3 is 4.74 Å². The van der Waals surface area contributed by atoms with Crippen molar-refractivity contribution in [2.45, 2.75) is 13.3 Å². The molecule has 1 heterocycles. The van der Waals surface area contributed by atoms with Gasteiger partial charge in [0, 0.05) is 0 Å². The summed E-state index contributed by atoms with van der Waals surface area (Å²) in [5.41, 5.74) is 1.72. The van der Waals surface area contributed by atoms with Crippen LogP contribution in [0.2, 0.25) is 0 Å². The first kappa shape index (κ1) is 11.7. The van der Waals surface area contributed by atoms with Gasteiger partial charge in [0.05, 0.1) is 17.9 Å². The standard InChI is InChI=1S/C15H14N3O/c1-2-9-19-14-8-7-11-5-3-4-6-12(11)15(14)13-10-16-18-17-13/h3-8H,2,9H2,1H3,(H,16,17,18). The second-order valence-electron chi connectivity index (χ2n) is 4.31. The van der Waals surface area contributed by atoms with Gasteiger partial charge in [-0.2, -0.15) is 0 Å². The number of aromatic amines is 1. The minimum Gasteiger partial charge on any atom is -0.493 e. The molecule has 0 saturated carbocycles. The van der Waals surface area contributed by atoms with Crippen LogP contribution in [0.4, 0.5) is 0 Å². The lowest BCUT2D eigenvalue weighted by Crippen LogP contribution is -1.97. The van der Waals surface area contributed by atoms with Crippen LogP contribution < -0.4 is 4.74 Å². The second-order valence-corrected chi connectivity index (χ2v) is 4.31. The summed E-state index contributed by atoms with van der Waals surface area (Å²) >= 11 is 0. The predicted octanol–water partition coefficient (Wildman–Crippen LogP) is 3.21. The topological polar surface area (TPSA) is 50.8 Å². The fourth-order valence-corrected chi connectivity index (χ4v) is 2.13. The van der Waals surface area contributed by atoms with Crippen LogP contribution in [0, 0.1) is 6.20 Å². The van der Waals surface area contributed by atoms with Crippen molar-refractivity contribution in [3.63, 3.8) is 0 Å². The lowest BCUT2D eigenvalue weighted by atomic mass is 10.0. The number of benzene rings is 2. The van der Waals surface area contributed by atoms with Gasteiger partial charge in [-0.15, -0.1) is 5.10 Å². The summed E-state index contributed by atoms with van der Waals surface area (Å²) in [6.45, 7) is 2.78. The van der Waals surface area contributed by atoms with E-state index in [1.165, 1.54) is 0 Å². The first-order chi connectivity index (χ1) is 9.40. The van der Waals surface area contributed by atoms with E-state index < -0.39 is 0 Å². The zero-order valence-electron chi connectivity index (χ0n) is 10.7. The third-order valence-corrected chi connectivity index (χ3v) is 2.98. The van der Waals surface area contributed by atoms with Crippen molar-refractivity contribution in [1.82, 2.24) is 15.4 Å². The molecule has 1 aromatic heterocycles. The Morgan fingerprint density at radius 1 is 1.21 bits per heavy atom. The quantitative estimate of drug-likeness (QED) is 0.775. The molecule has 0 aliphatic rings. The van der Waals surface area contributed by atoms with E-state index in [1.54, 1.807) is 0 Å². The monoisotopic (exact) mass is 252 g/mol. The van der Waals surface area contributed by atoms with Gasteiger partial charge in [-0.25, -0.2) is 0 Å². The van der Waals surface area contributed by atoms with Crippen LogP contribution in [-0.2, 0) is 0 Å². The number of nitrogens with zero attached hydrogens (tertiary/aromatic N) is 2. The average Bonchev–Trinajstić information content (AvgIpc) is 2.98. The molecular weight excluding hydrogens is 238 g/mol. The van der Waals surface area contributed by atoms with Gasteiger partial charge >= 0.3 is 0 Å². The molecule has 0 aliphatic heterocycles. The van der Waals surface area contributed by atoms with Crippen molar-refractivity contribution in [1.29, 1.82) is 0 Å². The van der Waals surface area contributed by atoms with E-state index in [2.05, 4.69) is 46.7 Å². The maximum atomic E-state index is 5.82. The number of fused-ring (bicyclic) bond motifs is 1. The molecule has 0 atom stereocenters. The number of H-pyrrole nitrogens is 1. The van der Waals surface area contributed by atoms with Gasteiger partial charge in [-0.1, -0.05) is 42.5 Å². The SMILES string of the molecule is CCCOc1ccc2ccccc2c1-c1[c]nn[nH]1. The first-order valence-corrected chi connectivity index (χ1v) is 6.34. The number of hydrogen-bond donors (Lipinski definition) is 1. The van der Waals surface area contributed by atoms with Gasteiger partial charge in [-0.3, -0.25) is 5.10 Å². The summed E-state index contributed by atoms with van der Waals surface area (Å²) in [7, 11) is 0. The Hall–Kier alpha value is -2.36. The molecule has 95 valence electrons. The van der Waals surface area contributed by atoms with Crippen molar-refractivity contribution in [3.8, 4) is 17.0 Å². The highest BCUT2D eigenvalue weighted by molar-refractivity contribution is 5.98. The Labute approximate surface area is 111 Å². The van der Waals surface area contributed by atoms with Crippen molar-refractivity contribution in [2.75, 3.05) is 6.61 Å². The molecule has 0 unspecified atom stereocenters. The van der Waals surface area contributed by atoms with Crippen LogP contribution >= 0.6 is 0 Å². The highest BCUT2D eigenvalue weighted by atomic mass is 16.5. The molecule has 0 aliphatic carbocycles. The predicted molar refractivity (Wildman–Crippen MR) is 73.9 cm³/mol. The van der Waals surface area contributed by atoms with Crippen LogP contribution in [0.25, 0.3) is 22.0 Å². The summed E-state index contributed by atoms with van der Waals surface area (Å²) in [4.78, 5) is 0. The Morgan fingerprint density at radius 3 is 2.89 bits per heavy atom. The molecule has 0 amide bonds. The molecule has 3 rings (SSSR count). The van der Waals surface area contributed by atoms with Crippen molar-refractivity contribution in [3.05, 3.63) is 42.6 Å². The Balaban J connectivity index is 2.22. The first-order valence-electron chi connectivity index (χ1n) is 6.34. The van der Waals surface area contributed by atoms with E-state index >= 15 is 0 Å². The normalized spacial score (nSPS) is 10.8. The van der Waals surface area contributed by atoms with Crippen molar-refractivity contribution in [2.24, 2.45) is 0 Å². The molecule has 2 aromatic carbocycles. The molecule has 0 saturated heterocycles. The maximum absolute atomic E-state index is 5.82. The van der Waals surface area contributed by atoms with Crippen LogP contribution in [0.1, 0.15) is 13.3 Å². The van der Waals surface area contributed by atoms with Crippen LogP contribution in [0.5, 0.6) is 5.75 Å². The lowest BCUT2D eigenvalue weighted by Gasteiger charge is -2.12. The van der Waals surface area contributed by atoms with Crippen molar-refractivity contribution < 1.29 is 4.74 Å². The number of aromatic nitrogens is 3. The number of nitrogens with one attached hydrogen (secondary N) is 1. The molecule has 0 bridgehead atoms. The molecule has 3 aromatic rings. The molecule has 19 heavy (non-hydrogen) atoms. The molecule has 4 nitrogen and oxygen atoms in total. The Bertz CT molecular complexity index is 677. The van der Waals surface area contributed by atoms with E-state index in [1.807, 2.05) is 18.2 Å². The van der Waals surface area contributed by atoms with Crippen molar-refractivity contribution >= 4 is 10.8 Å². The smallest absolute Gasteiger partial charge is 0.143 e. The minimum atomic E-state index is 0.687. The van der Waals surface area contributed by atoms with Gasteiger partial charge in [0.25, 0.3) is 0 Å². The van der Waals surface area contributed by atoms with E-state index in [4.69, 9.17) is 4.74 Å². The molecule has 1 radical (unpaired) electrons. The van der Waals surface area contributed by atoms with Gasteiger partial charge in [0.2, 0.25) is 0 Å². The highest BCUT2D eigenvalue weighted by Crippen LogP contribution is 2.35. The Morgan fingerprint density at radius 2 is 2.11 bits per heavy atom. The van der Waals surface area contributed by atoms with Gasteiger partial charge in [-0.05, 0) is 23.3 Å². The zero-order chi connectivity index (χ0) is 13.1. The second kappa shape index (κ2) is 5.10. The van der Waals surface area contributed by atoms with Crippen LogP contribution in [0.3, 0.4) is 0 Å². The van der Waals surface area contributed by atoms with E-state index in [0.29, 0.717) is 6.61 Å². The zero-order valence-corrected chi connectivity index (χ0v) is 10.7. The molecular formula is C15H14N3O. The summed E-state index contributed by atoms with van der Waals surface area (Å²) in [5.74, 6) is 0.836. The van der Waals surface area contributed by atoms with Crippen LogP contribution in [0.15, 0.2) is 36.4 Å². The minimum absolute atomic E-state index is 0.687. The summed E-state index contributed by atoms with van der Waals surface area (Å²) < 4.78 is 5.82. The average molecular weight is 252 g/mol. The van der Waals surface area contributed by atoms with Gasteiger partial charge in [0.15, 0.2) is 0 Å². The summed E-state index contributed by atoms with van der Waals surface area (Å²) in [6.07, 6.45) is 3.84. The number of rotatable bonds is 4. The lowest BCUT2D eigenvalue weighted by molar-refractivity contribution is 0.319. The van der Waals surface area contributed by atoms with E-state index in [-0.39, 0.29) is 0 Å². The third-order valence-electron chi connectivity index (χ3n) is 2.98. The van der Waals surface area contributed by atoms with Gasteiger partial charge in [0.1, 0.15) is 11.9 Å². The molecule has 0 fully saturated rings. The fraction of sp³-hybridized carbons (Fsp3) is 0.200.